The van der Waals surface area contributed by atoms with Crippen molar-refractivity contribution in [2.24, 2.45) is 0 Å². The SMILES string of the molecule is O=C(/C=C/C(=O)OCC(F)(F)C(F)(F)C(F)(F)F)OCC(F)(F)C(F)(F)C(F)(F)F. The summed E-state index contributed by atoms with van der Waals surface area (Å²) < 4.78 is 179. The number of ether oxygens (including phenoxy) is 2. The van der Waals surface area contributed by atoms with E-state index >= 15 is 0 Å². The van der Waals surface area contributed by atoms with Crippen LogP contribution in [0.2, 0.25) is 0 Å². The van der Waals surface area contributed by atoms with E-state index < -0.39 is 61.2 Å². The average Bonchev–Trinajstić information content (AvgIpc) is 2.54. The van der Waals surface area contributed by atoms with E-state index in [4.69, 9.17) is 0 Å². The van der Waals surface area contributed by atoms with Crippen LogP contribution >= 0.6 is 0 Å². The highest BCUT2D eigenvalue weighted by molar-refractivity contribution is 5.91. The molecule has 0 saturated heterocycles. The van der Waals surface area contributed by atoms with Crippen molar-refractivity contribution in [3.8, 4) is 0 Å². The quantitative estimate of drug-likeness (QED) is 0.296. The van der Waals surface area contributed by atoms with E-state index in [0.29, 0.717) is 0 Å². The maximum Gasteiger partial charge on any atom is 0.460 e. The molecule has 0 radical (unpaired) electrons. The zero-order valence-electron chi connectivity index (χ0n) is 13.5. The third kappa shape index (κ3) is 6.10. The van der Waals surface area contributed by atoms with E-state index in [9.17, 15) is 71.1 Å². The Morgan fingerprint density at radius 1 is 0.533 bits per heavy atom. The van der Waals surface area contributed by atoms with Crippen molar-refractivity contribution in [2.45, 2.75) is 36.0 Å². The molecule has 0 heterocycles. The monoisotopic (exact) mass is 480 g/mol. The lowest BCUT2D eigenvalue weighted by Gasteiger charge is -2.27. The molecule has 0 aromatic carbocycles. The second kappa shape index (κ2) is 8.44. The van der Waals surface area contributed by atoms with Crippen LogP contribution in [-0.2, 0) is 19.1 Å². The molecule has 0 spiro atoms. The van der Waals surface area contributed by atoms with Crippen molar-refractivity contribution in [1.82, 2.24) is 0 Å². The first-order valence-electron chi connectivity index (χ1n) is 6.66. The van der Waals surface area contributed by atoms with Crippen molar-refractivity contribution in [3.05, 3.63) is 12.2 Å². The van der Waals surface area contributed by atoms with E-state index in [0.717, 1.165) is 0 Å². The molecule has 0 aromatic heterocycles. The molecule has 0 aliphatic carbocycles. The van der Waals surface area contributed by atoms with Crippen LogP contribution in [0, 0.1) is 0 Å². The molecule has 0 aromatic rings. The molecule has 0 amide bonds. The molecule has 176 valence electrons. The zero-order valence-corrected chi connectivity index (χ0v) is 13.5. The van der Waals surface area contributed by atoms with Crippen molar-refractivity contribution in [2.75, 3.05) is 13.2 Å². The predicted octanol–water partition coefficient (Wildman–Crippen LogP) is 4.29. The molecule has 0 rings (SSSR count). The first kappa shape index (κ1) is 27.7. The summed E-state index contributed by atoms with van der Waals surface area (Å²) >= 11 is 0. The van der Waals surface area contributed by atoms with Gasteiger partial charge in [-0.2, -0.15) is 61.5 Å². The standard InChI is InChI=1S/C12H6F14O4/c13-7(14,9(17,18)11(21,22)23)3-29-5(27)1-2-6(28)30-4-8(15,16)10(19,20)12(24,25)26/h1-2H,3-4H2/b2-1+. The summed E-state index contributed by atoms with van der Waals surface area (Å²) in [5.74, 6) is -29.7. The Morgan fingerprint density at radius 3 is 0.967 bits per heavy atom. The van der Waals surface area contributed by atoms with Gasteiger partial charge in [0.1, 0.15) is 0 Å². The maximum absolute atomic E-state index is 12.8. The van der Waals surface area contributed by atoms with Gasteiger partial charge in [-0.3, -0.25) is 0 Å². The molecule has 0 saturated carbocycles. The first-order valence-corrected chi connectivity index (χ1v) is 6.66. The van der Waals surface area contributed by atoms with Gasteiger partial charge < -0.3 is 9.47 Å². The maximum atomic E-state index is 12.8. The fourth-order valence-electron chi connectivity index (χ4n) is 1.15. The van der Waals surface area contributed by atoms with Gasteiger partial charge in [-0.1, -0.05) is 0 Å². The van der Waals surface area contributed by atoms with Crippen molar-refractivity contribution < 1.29 is 80.5 Å². The smallest absolute Gasteiger partial charge is 0.456 e. The molecule has 0 N–H and O–H groups in total. The highest BCUT2D eigenvalue weighted by atomic mass is 19.4. The molecule has 0 bridgehead atoms. The average molecular weight is 480 g/mol. The van der Waals surface area contributed by atoms with Crippen LogP contribution in [0.25, 0.3) is 0 Å². The van der Waals surface area contributed by atoms with Crippen molar-refractivity contribution >= 4 is 11.9 Å². The van der Waals surface area contributed by atoms with E-state index in [2.05, 4.69) is 9.47 Å². The summed E-state index contributed by atoms with van der Waals surface area (Å²) in [6, 6.07) is 0. The summed E-state index contributed by atoms with van der Waals surface area (Å²) in [7, 11) is 0. The molecule has 0 fully saturated rings. The molecular weight excluding hydrogens is 474 g/mol. The summed E-state index contributed by atoms with van der Waals surface area (Å²) in [4.78, 5) is 21.7. The summed E-state index contributed by atoms with van der Waals surface area (Å²) in [5, 5.41) is 0. The number of esters is 2. The zero-order chi connectivity index (χ0) is 24.4. The Balaban J connectivity index is 4.87. The lowest BCUT2D eigenvalue weighted by molar-refractivity contribution is -0.359. The number of carbonyl (C=O) groups is 2. The van der Waals surface area contributed by atoms with Gasteiger partial charge in [0, 0.05) is 12.2 Å². The molecule has 18 heteroatoms. The predicted molar refractivity (Wildman–Crippen MR) is 63.0 cm³/mol. The molecule has 30 heavy (non-hydrogen) atoms. The first-order chi connectivity index (χ1) is 13.0. The normalized spacial score (nSPS) is 14.7. The number of alkyl halides is 14. The Kier molecular flexibility index (Phi) is 7.80. The summed E-state index contributed by atoms with van der Waals surface area (Å²) in [6.45, 7) is -5.73. The van der Waals surface area contributed by atoms with Gasteiger partial charge in [-0.25, -0.2) is 9.59 Å². The minimum atomic E-state index is -6.74. The van der Waals surface area contributed by atoms with Crippen LogP contribution < -0.4 is 0 Å². The topological polar surface area (TPSA) is 52.6 Å². The highest BCUT2D eigenvalue weighted by Crippen LogP contribution is 2.47. The highest BCUT2D eigenvalue weighted by Gasteiger charge is 2.74. The molecule has 0 unspecified atom stereocenters. The Labute approximate surface area is 155 Å². The fraction of sp³-hybridized carbons (Fsp3) is 0.667. The molecule has 0 aliphatic rings. The third-order valence-corrected chi connectivity index (χ3v) is 2.78. The third-order valence-electron chi connectivity index (χ3n) is 2.78. The second-order valence-corrected chi connectivity index (χ2v) is 5.10. The number of hydrogen-bond donors (Lipinski definition) is 0. The Hall–Kier alpha value is -2.30. The molecule has 0 aliphatic heterocycles. The van der Waals surface area contributed by atoms with E-state index in [1.807, 2.05) is 0 Å². The van der Waals surface area contributed by atoms with E-state index in [1.165, 1.54) is 0 Å². The van der Waals surface area contributed by atoms with Gasteiger partial charge >= 0.3 is 48.0 Å². The minimum Gasteiger partial charge on any atom is -0.456 e. The van der Waals surface area contributed by atoms with Crippen LogP contribution in [0.1, 0.15) is 0 Å². The lowest BCUT2D eigenvalue weighted by atomic mass is 10.2. The molecular formula is C12H6F14O4. The number of rotatable bonds is 8. The fourth-order valence-corrected chi connectivity index (χ4v) is 1.15. The van der Waals surface area contributed by atoms with Gasteiger partial charge in [0.15, 0.2) is 13.2 Å². The number of carbonyl (C=O) groups excluding carboxylic acids is 2. The van der Waals surface area contributed by atoms with Crippen LogP contribution in [0.5, 0.6) is 0 Å². The molecule has 0 atom stereocenters. The number of halogens is 14. The largest absolute Gasteiger partial charge is 0.460 e. The summed E-state index contributed by atoms with van der Waals surface area (Å²) in [6.07, 6.45) is -14.2. The Morgan fingerprint density at radius 2 is 0.767 bits per heavy atom. The van der Waals surface area contributed by atoms with Gasteiger partial charge in [0.05, 0.1) is 0 Å². The van der Waals surface area contributed by atoms with Crippen molar-refractivity contribution in [1.29, 1.82) is 0 Å². The van der Waals surface area contributed by atoms with Gasteiger partial charge in [0.2, 0.25) is 0 Å². The summed E-state index contributed by atoms with van der Waals surface area (Å²) in [5.41, 5.74) is 0. The van der Waals surface area contributed by atoms with Crippen LogP contribution in [-0.4, -0.2) is 61.2 Å². The lowest BCUT2D eigenvalue weighted by Crippen LogP contribution is -2.54. The van der Waals surface area contributed by atoms with Crippen LogP contribution in [0.15, 0.2) is 12.2 Å². The van der Waals surface area contributed by atoms with Crippen LogP contribution in [0.3, 0.4) is 0 Å². The van der Waals surface area contributed by atoms with Gasteiger partial charge in [-0.05, 0) is 0 Å². The molecule has 4 nitrogen and oxygen atoms in total. The van der Waals surface area contributed by atoms with E-state index in [-0.39, 0.29) is 12.2 Å². The Bertz CT molecular complexity index is 605. The second-order valence-electron chi connectivity index (χ2n) is 5.10. The van der Waals surface area contributed by atoms with Gasteiger partial charge in [-0.15, -0.1) is 0 Å². The van der Waals surface area contributed by atoms with Crippen molar-refractivity contribution in [3.63, 3.8) is 0 Å². The minimum absolute atomic E-state index is 0.357. The number of hydrogen-bond acceptors (Lipinski definition) is 4. The van der Waals surface area contributed by atoms with E-state index in [1.54, 1.807) is 0 Å². The van der Waals surface area contributed by atoms with Crippen LogP contribution in [0.4, 0.5) is 61.5 Å². The van der Waals surface area contributed by atoms with Gasteiger partial charge in [0.25, 0.3) is 0 Å².